The molecule has 3 amide bonds. The fraction of sp³-hybridized carbons (Fsp3) is 0.400. The lowest BCUT2D eigenvalue weighted by Crippen LogP contribution is -2.64. The summed E-state index contributed by atoms with van der Waals surface area (Å²) in [6.07, 6.45) is -3.96. The number of methoxy groups -OCH3 is 2. The number of piperazine rings is 1. The number of rotatable bonds is 7. The van der Waals surface area contributed by atoms with Gasteiger partial charge in [-0.15, -0.1) is 0 Å². The summed E-state index contributed by atoms with van der Waals surface area (Å²) in [6, 6.07) is 8.24. The van der Waals surface area contributed by atoms with Crippen LogP contribution in [-0.2, 0) is 17.4 Å². The van der Waals surface area contributed by atoms with E-state index < -0.39 is 35.8 Å². The Morgan fingerprint density at radius 3 is 2.57 bits per heavy atom. The molecule has 8 nitrogen and oxygen atoms in total. The van der Waals surface area contributed by atoms with Gasteiger partial charge in [-0.3, -0.25) is 4.79 Å². The van der Waals surface area contributed by atoms with Crippen LogP contribution in [0.5, 0.6) is 11.5 Å². The number of quaternary nitrogens is 1. The minimum absolute atomic E-state index is 0.0729. The van der Waals surface area contributed by atoms with Gasteiger partial charge < -0.3 is 14.8 Å². The highest BCUT2D eigenvalue weighted by atomic mass is 32.1. The molecular weight excluding hydrogens is 509 g/mol. The summed E-state index contributed by atoms with van der Waals surface area (Å²) in [6.45, 7) is 1.65. The minimum atomic E-state index is -4.59. The van der Waals surface area contributed by atoms with Gasteiger partial charge in [0, 0.05) is 6.54 Å². The number of ether oxygens (including phenoxy) is 2. The van der Waals surface area contributed by atoms with E-state index in [0.717, 1.165) is 22.6 Å². The zero-order valence-electron chi connectivity index (χ0n) is 20.2. The Morgan fingerprint density at radius 1 is 1.11 bits per heavy atom. The quantitative estimate of drug-likeness (QED) is 0.332. The highest BCUT2D eigenvalue weighted by Crippen LogP contribution is 2.44. The zero-order chi connectivity index (χ0) is 26.5. The summed E-state index contributed by atoms with van der Waals surface area (Å²) >= 11 is 5.69. The molecule has 0 saturated carbocycles. The minimum Gasteiger partial charge on any atom is -0.493 e. The Morgan fingerprint density at radius 2 is 1.86 bits per heavy atom. The van der Waals surface area contributed by atoms with Crippen molar-refractivity contribution >= 4 is 34.8 Å². The molecular formula is C25H26F3N4O4S+. The Bertz CT molecular complexity index is 1270. The van der Waals surface area contributed by atoms with Crippen LogP contribution in [0.4, 0.5) is 23.7 Å². The van der Waals surface area contributed by atoms with Crippen LogP contribution >= 0.6 is 12.2 Å². The van der Waals surface area contributed by atoms with Gasteiger partial charge >= 0.3 is 12.2 Å². The van der Waals surface area contributed by atoms with E-state index in [1.807, 2.05) is 23.1 Å². The number of alkyl halides is 3. The summed E-state index contributed by atoms with van der Waals surface area (Å²) in [5.74, 6) is 0.749. The second-order valence-corrected chi connectivity index (χ2v) is 9.81. The molecule has 37 heavy (non-hydrogen) atoms. The lowest BCUT2D eigenvalue weighted by atomic mass is 10.1. The van der Waals surface area contributed by atoms with E-state index in [2.05, 4.69) is 5.32 Å². The summed E-state index contributed by atoms with van der Waals surface area (Å²) in [5.41, 5.74) is 0.0128. The second-order valence-electron chi connectivity index (χ2n) is 9.37. The van der Waals surface area contributed by atoms with Gasteiger partial charge in [-0.1, -0.05) is 24.4 Å². The molecule has 0 aromatic heterocycles. The third-order valence-electron chi connectivity index (χ3n) is 7.36. The molecule has 2 aromatic rings. The van der Waals surface area contributed by atoms with Gasteiger partial charge in [-0.05, 0) is 42.3 Å². The van der Waals surface area contributed by atoms with Gasteiger partial charge in [0.05, 0.1) is 38.6 Å². The Balaban J connectivity index is 1.33. The van der Waals surface area contributed by atoms with Gasteiger partial charge in [-0.25, -0.2) is 14.2 Å². The van der Waals surface area contributed by atoms with E-state index in [9.17, 15) is 22.8 Å². The molecule has 3 aliphatic rings. The average Bonchev–Trinajstić information content (AvgIpc) is 3.51. The number of nitrogens with zero attached hydrogens (tertiary/aromatic N) is 3. The molecule has 4 atom stereocenters. The maximum absolute atomic E-state index is 13.7. The number of fused-ring (bicyclic) bond motifs is 1. The molecule has 5 rings (SSSR count). The average molecular weight is 536 g/mol. The van der Waals surface area contributed by atoms with Gasteiger partial charge in [-0.2, -0.15) is 18.1 Å². The fourth-order valence-corrected chi connectivity index (χ4v) is 5.95. The Labute approximate surface area is 217 Å². The maximum atomic E-state index is 13.7. The number of benzene rings is 2. The number of nitrogens with one attached hydrogen (secondary N) is 1. The first kappa shape index (κ1) is 25.4. The largest absolute Gasteiger partial charge is 0.493 e. The lowest BCUT2D eigenvalue weighted by Gasteiger charge is -2.34. The van der Waals surface area contributed by atoms with E-state index in [0.29, 0.717) is 49.2 Å². The van der Waals surface area contributed by atoms with Crippen molar-refractivity contribution in [3.63, 3.8) is 0 Å². The first-order valence-electron chi connectivity index (χ1n) is 11.7. The standard InChI is InChI=1S/C25H25F3N4O4S/c1-35-20-7-6-15(10-21(20)36-2)8-9-29-22(37)18-12-30-13-19-23(33)31(24(34)32(18,19)14-30)17-5-3-4-16(11-17)25(26,27)28/h3-7,10-11,18-19H,8-9,12-14H2,1-2H3/p+1. The second kappa shape index (κ2) is 9.26. The molecule has 3 saturated heterocycles. The van der Waals surface area contributed by atoms with Gasteiger partial charge in [0.15, 0.2) is 23.6 Å². The van der Waals surface area contributed by atoms with E-state index in [1.165, 1.54) is 12.1 Å². The summed E-state index contributed by atoms with van der Waals surface area (Å²) in [5, 5.41) is 3.24. The molecule has 3 aliphatic heterocycles. The topological polar surface area (TPSA) is 71.1 Å². The molecule has 0 radical (unpaired) electrons. The van der Waals surface area contributed by atoms with Crippen LogP contribution < -0.4 is 19.7 Å². The predicted octanol–water partition coefficient (Wildman–Crippen LogP) is 3.19. The van der Waals surface area contributed by atoms with Crippen LogP contribution in [0.3, 0.4) is 0 Å². The predicted molar refractivity (Wildman–Crippen MR) is 132 cm³/mol. The molecule has 0 aliphatic carbocycles. The number of anilines is 1. The van der Waals surface area contributed by atoms with E-state index in [1.54, 1.807) is 14.2 Å². The first-order chi connectivity index (χ1) is 17.6. The SMILES string of the molecule is COc1ccc(CCNC(=S)C2C[N@]3CC4C(=O)N(c5cccc(C(F)(F)F)c5)C(=O)[N+]42C3)cc1OC. The third kappa shape index (κ3) is 4.12. The number of hydrogen-bond acceptors (Lipinski definition) is 6. The number of hydrogen-bond donors (Lipinski definition) is 1. The molecule has 3 unspecified atom stereocenters. The highest BCUT2D eigenvalue weighted by Gasteiger charge is 2.72. The smallest absolute Gasteiger partial charge is 0.433 e. The van der Waals surface area contributed by atoms with Crippen molar-refractivity contribution in [2.45, 2.75) is 24.7 Å². The molecule has 12 heteroatoms. The number of thiocarbonyl (C=S) groups is 1. The van der Waals surface area contributed by atoms with Crippen LogP contribution in [0.1, 0.15) is 11.1 Å². The van der Waals surface area contributed by atoms with Crippen molar-refractivity contribution in [3.05, 3.63) is 53.6 Å². The van der Waals surface area contributed by atoms with Gasteiger partial charge in [0.2, 0.25) is 0 Å². The van der Waals surface area contributed by atoms with E-state index >= 15 is 0 Å². The lowest BCUT2D eigenvalue weighted by molar-refractivity contribution is -0.851. The van der Waals surface area contributed by atoms with Crippen molar-refractivity contribution in [2.75, 3.05) is 45.4 Å². The highest BCUT2D eigenvalue weighted by molar-refractivity contribution is 7.80. The molecule has 3 heterocycles. The van der Waals surface area contributed by atoms with Crippen LogP contribution in [0.15, 0.2) is 42.5 Å². The molecule has 1 spiro atoms. The number of halogens is 3. The molecule has 196 valence electrons. The third-order valence-corrected chi connectivity index (χ3v) is 7.77. The first-order valence-corrected chi connectivity index (χ1v) is 12.1. The molecule has 3 fully saturated rings. The Hall–Kier alpha value is -3.22. The molecule has 2 bridgehead atoms. The van der Waals surface area contributed by atoms with Crippen LogP contribution in [0.25, 0.3) is 0 Å². The van der Waals surface area contributed by atoms with Gasteiger partial charge in [0.25, 0.3) is 5.91 Å². The van der Waals surface area contributed by atoms with Crippen molar-refractivity contribution in [1.82, 2.24) is 10.2 Å². The van der Waals surface area contributed by atoms with Crippen LogP contribution in [-0.4, -0.2) is 78.9 Å². The van der Waals surface area contributed by atoms with Crippen molar-refractivity contribution in [3.8, 4) is 11.5 Å². The number of urea groups is 1. The normalized spacial score (nSPS) is 26.4. The van der Waals surface area contributed by atoms with Gasteiger partial charge in [0.1, 0.15) is 11.7 Å². The number of carbonyl (C=O) groups is 2. The summed E-state index contributed by atoms with van der Waals surface area (Å²) in [7, 11) is 3.13. The summed E-state index contributed by atoms with van der Waals surface area (Å²) < 4.78 is 50.2. The molecule has 2 aromatic carbocycles. The van der Waals surface area contributed by atoms with Crippen molar-refractivity contribution < 1.29 is 36.7 Å². The number of amides is 3. The Kier molecular flexibility index (Phi) is 6.37. The zero-order valence-corrected chi connectivity index (χ0v) is 21.1. The number of carbonyl (C=O) groups excluding carboxylic acids is 2. The number of imide groups is 1. The van der Waals surface area contributed by atoms with E-state index in [-0.39, 0.29) is 10.2 Å². The fourth-order valence-electron chi connectivity index (χ4n) is 5.58. The van der Waals surface area contributed by atoms with Crippen molar-refractivity contribution in [2.24, 2.45) is 0 Å². The maximum Gasteiger partial charge on any atom is 0.433 e. The molecule has 1 N–H and O–H groups in total. The summed E-state index contributed by atoms with van der Waals surface area (Å²) in [4.78, 5) is 30.4. The monoisotopic (exact) mass is 535 g/mol. The van der Waals surface area contributed by atoms with E-state index in [4.69, 9.17) is 21.7 Å². The van der Waals surface area contributed by atoms with Crippen LogP contribution in [0.2, 0.25) is 0 Å². The van der Waals surface area contributed by atoms with Crippen molar-refractivity contribution in [1.29, 1.82) is 0 Å². The van der Waals surface area contributed by atoms with Crippen LogP contribution in [0, 0.1) is 0 Å².